The van der Waals surface area contributed by atoms with E-state index in [0.717, 1.165) is 45.4 Å². The lowest BCUT2D eigenvalue weighted by Crippen LogP contribution is -2.27. The van der Waals surface area contributed by atoms with E-state index in [1.165, 1.54) is 16.8 Å². The van der Waals surface area contributed by atoms with Crippen molar-refractivity contribution in [1.29, 1.82) is 0 Å². The molecule has 0 radical (unpaired) electrons. The minimum Gasteiger partial charge on any atom is -0.457 e. The zero-order valence-electron chi connectivity index (χ0n) is 28.0. The van der Waals surface area contributed by atoms with Gasteiger partial charge in [-0.25, -0.2) is 4.68 Å². The van der Waals surface area contributed by atoms with Crippen LogP contribution in [0.3, 0.4) is 0 Å². The van der Waals surface area contributed by atoms with E-state index in [-0.39, 0.29) is 10.8 Å². The van der Waals surface area contributed by atoms with E-state index in [1.807, 2.05) is 78.0 Å². The summed E-state index contributed by atoms with van der Waals surface area (Å²) in [6, 6.07) is 35.7. The van der Waals surface area contributed by atoms with E-state index in [2.05, 4.69) is 116 Å². The maximum Gasteiger partial charge on any atom is 0.129 e. The second-order valence-electron chi connectivity index (χ2n) is 14.2. The van der Waals surface area contributed by atoms with Crippen LogP contribution in [-0.4, -0.2) is 21.4 Å². The van der Waals surface area contributed by atoms with Crippen molar-refractivity contribution in [3.63, 3.8) is 0 Å². The Labute approximate surface area is 277 Å². The second-order valence-corrected chi connectivity index (χ2v) is 14.2. The van der Waals surface area contributed by atoms with Gasteiger partial charge in [0, 0.05) is 41.5 Å². The van der Waals surface area contributed by atoms with Crippen molar-refractivity contribution < 1.29 is 4.74 Å². The molecule has 0 atom stereocenters. The van der Waals surface area contributed by atoms with Crippen molar-refractivity contribution in [2.24, 2.45) is 0 Å². The van der Waals surface area contributed by atoms with Crippen molar-refractivity contribution in [3.8, 4) is 28.3 Å². The first kappa shape index (κ1) is 30.3. The molecule has 6 heteroatoms. The molecule has 0 N–H and O–H groups in total. The first-order chi connectivity index (χ1) is 22.5. The van der Waals surface area contributed by atoms with Gasteiger partial charge in [-0.1, -0.05) is 96.1 Å². The van der Waals surface area contributed by atoms with Crippen molar-refractivity contribution in [3.05, 3.63) is 139 Å². The third kappa shape index (κ3) is 6.11. The summed E-state index contributed by atoms with van der Waals surface area (Å²) in [5.74, 6) is 1.52. The molecule has 1 aliphatic rings. The smallest absolute Gasteiger partial charge is 0.129 e. The number of fused-ring (bicyclic) bond motifs is 1. The second kappa shape index (κ2) is 11.8. The topological polar surface area (TPSA) is 46.4 Å². The summed E-state index contributed by atoms with van der Waals surface area (Å²) in [6.45, 7) is 14.4. The Morgan fingerprint density at radius 2 is 1.32 bits per heavy atom. The van der Waals surface area contributed by atoms with Crippen LogP contribution in [0.2, 0.25) is 0 Å². The van der Waals surface area contributed by atoms with Crippen LogP contribution in [0, 0.1) is 0 Å². The van der Waals surface area contributed by atoms with Crippen LogP contribution in [0.4, 0.5) is 22.7 Å². The lowest BCUT2D eigenvalue weighted by Gasteiger charge is -2.31. The maximum atomic E-state index is 6.45. The van der Waals surface area contributed by atoms with Crippen LogP contribution in [0.25, 0.3) is 16.8 Å². The lowest BCUT2D eigenvalue weighted by molar-refractivity contribution is 0.482. The molecule has 236 valence electrons. The number of nitrogens with zero attached hydrogens (tertiary/aromatic N) is 5. The highest BCUT2D eigenvalue weighted by molar-refractivity contribution is 5.87. The Kier molecular flexibility index (Phi) is 7.59. The monoisotopic (exact) mass is 619 g/mol. The van der Waals surface area contributed by atoms with Crippen LogP contribution >= 0.6 is 0 Å². The van der Waals surface area contributed by atoms with Gasteiger partial charge in [0.15, 0.2) is 0 Å². The Morgan fingerprint density at radius 3 is 2.04 bits per heavy atom. The molecule has 3 heterocycles. The van der Waals surface area contributed by atoms with Gasteiger partial charge in [-0.2, -0.15) is 5.10 Å². The molecule has 4 aromatic carbocycles. The molecule has 1 aliphatic heterocycles. The lowest BCUT2D eigenvalue weighted by atomic mass is 9.79. The third-order valence-corrected chi connectivity index (χ3v) is 8.74. The largest absolute Gasteiger partial charge is 0.457 e. The van der Waals surface area contributed by atoms with E-state index < -0.39 is 0 Å². The quantitative estimate of drug-likeness (QED) is 0.186. The molecule has 0 unspecified atom stereocenters. The van der Waals surface area contributed by atoms with Gasteiger partial charge in [0.05, 0.1) is 29.5 Å². The van der Waals surface area contributed by atoms with Gasteiger partial charge in [-0.3, -0.25) is 4.98 Å². The molecule has 2 aromatic heterocycles. The first-order valence-electron chi connectivity index (χ1n) is 16.2. The summed E-state index contributed by atoms with van der Waals surface area (Å²) in [5.41, 5.74) is 10.3. The normalized spacial score (nSPS) is 13.1. The summed E-state index contributed by atoms with van der Waals surface area (Å²) in [5, 5.41) is 4.61. The Balaban J connectivity index is 1.17. The van der Waals surface area contributed by atoms with E-state index in [9.17, 15) is 0 Å². The van der Waals surface area contributed by atoms with Gasteiger partial charge in [-0.15, -0.1) is 0 Å². The molecule has 0 bridgehead atoms. The number of hydrogen-bond acceptors (Lipinski definition) is 5. The number of benzene rings is 4. The molecular weight excluding hydrogens is 578 g/mol. The highest BCUT2D eigenvalue weighted by Crippen LogP contribution is 2.47. The summed E-state index contributed by atoms with van der Waals surface area (Å²) >= 11 is 0. The summed E-state index contributed by atoms with van der Waals surface area (Å²) in [4.78, 5) is 9.26. The highest BCUT2D eigenvalue weighted by Gasteiger charge is 2.32. The van der Waals surface area contributed by atoms with Gasteiger partial charge >= 0.3 is 0 Å². The zero-order valence-corrected chi connectivity index (χ0v) is 28.0. The molecule has 6 aromatic rings. The van der Waals surface area contributed by atoms with E-state index in [4.69, 9.17) is 4.74 Å². The molecule has 0 saturated heterocycles. The summed E-state index contributed by atoms with van der Waals surface area (Å²) in [6.07, 6.45) is 7.78. The van der Waals surface area contributed by atoms with E-state index in [1.54, 1.807) is 0 Å². The van der Waals surface area contributed by atoms with Crippen LogP contribution in [0.15, 0.2) is 128 Å². The predicted octanol–water partition coefficient (Wildman–Crippen LogP) is 10.6. The molecule has 0 amide bonds. The molecule has 0 spiro atoms. The predicted molar refractivity (Wildman–Crippen MR) is 193 cm³/mol. The Morgan fingerprint density at radius 1 is 0.596 bits per heavy atom. The maximum absolute atomic E-state index is 6.45. The fourth-order valence-corrected chi connectivity index (χ4v) is 6.16. The molecule has 0 fully saturated rings. The molecular formula is C41H41N5O. The van der Waals surface area contributed by atoms with Crippen LogP contribution < -0.4 is 14.5 Å². The Hall–Kier alpha value is -5.36. The molecule has 47 heavy (non-hydrogen) atoms. The molecule has 0 saturated carbocycles. The molecule has 7 rings (SSSR count). The number of ether oxygens (including phenoxy) is 1. The number of hydrogen-bond donors (Lipinski definition) is 0. The van der Waals surface area contributed by atoms with Crippen molar-refractivity contribution in [2.75, 3.05) is 16.5 Å². The Bertz CT molecular complexity index is 2030. The third-order valence-electron chi connectivity index (χ3n) is 8.74. The minimum absolute atomic E-state index is 0.0338. The van der Waals surface area contributed by atoms with Crippen LogP contribution in [0.5, 0.6) is 11.5 Å². The number of anilines is 4. The summed E-state index contributed by atoms with van der Waals surface area (Å²) < 4.78 is 8.33. The molecule has 6 nitrogen and oxygen atoms in total. The highest BCUT2D eigenvalue weighted by atomic mass is 16.5. The van der Waals surface area contributed by atoms with E-state index in [0.29, 0.717) is 6.67 Å². The average Bonchev–Trinajstić information content (AvgIpc) is 3.71. The van der Waals surface area contributed by atoms with Gasteiger partial charge in [0.25, 0.3) is 0 Å². The molecule has 0 aliphatic carbocycles. The number of aromatic nitrogens is 3. The van der Waals surface area contributed by atoms with Crippen LogP contribution in [-0.2, 0) is 10.8 Å². The number of rotatable bonds is 6. The fraction of sp³-hybridized carbons (Fsp3) is 0.220. The van der Waals surface area contributed by atoms with Crippen molar-refractivity contribution in [1.82, 2.24) is 14.8 Å². The van der Waals surface area contributed by atoms with Crippen LogP contribution in [0.1, 0.15) is 52.7 Å². The van der Waals surface area contributed by atoms with Gasteiger partial charge in [-0.05, 0) is 63.9 Å². The fourth-order valence-electron chi connectivity index (χ4n) is 6.16. The van der Waals surface area contributed by atoms with Gasteiger partial charge in [0.2, 0.25) is 0 Å². The SMILES string of the molecule is CC(C)(C)c1ccc(N2CN(c3cccc(Oc4cccc(-n5cc(-c6ccccc6)cn5)c4)c3)c3ccncc32)c(C(C)(C)C)c1. The van der Waals surface area contributed by atoms with Crippen molar-refractivity contribution in [2.45, 2.75) is 52.4 Å². The van der Waals surface area contributed by atoms with E-state index >= 15 is 0 Å². The number of pyridine rings is 1. The zero-order chi connectivity index (χ0) is 32.8. The van der Waals surface area contributed by atoms with Gasteiger partial charge in [0.1, 0.15) is 18.2 Å². The summed E-state index contributed by atoms with van der Waals surface area (Å²) in [7, 11) is 0. The van der Waals surface area contributed by atoms with Gasteiger partial charge < -0.3 is 14.5 Å². The minimum atomic E-state index is -0.0338. The van der Waals surface area contributed by atoms with Crippen molar-refractivity contribution >= 4 is 22.7 Å². The first-order valence-corrected chi connectivity index (χ1v) is 16.2. The standard InChI is InChI=1S/C41H41N5O/c1-40(2,3)31-18-19-37(36(22-31)41(4,5)6)45-28-44(38-20-21-42-26-39(38)45)32-14-10-16-34(23-32)47-35-17-11-15-33(24-35)46-27-30(25-43-46)29-12-8-7-9-13-29/h7-27H,28H2,1-6H3. The average molecular weight is 620 g/mol.